The molecule has 0 saturated carbocycles. The molecule has 0 fully saturated rings. The summed E-state index contributed by atoms with van der Waals surface area (Å²) in [4.78, 5) is 2.37. The summed E-state index contributed by atoms with van der Waals surface area (Å²) in [6, 6.07) is 55.3. The van der Waals surface area contributed by atoms with Crippen LogP contribution >= 0.6 is 12.6 Å². The standard InChI is InChI=1S/C50H41NOS/c1-49(2)43-28-32-13-8-9-14-33(32)29-46(43)52-45-24-23-38(30-44(45)49)51(36-16-6-5-7-17-36)37-18-12-15-31(25-37)34-21-22-35-27-41-39-19-10-11-20-42(39)50(3,4)47(41)48(53)40(35)26-34/h5-26,28-30,48,53H,27H2,1-4H3. The maximum Gasteiger partial charge on any atom is 0.132 e. The molecule has 0 bridgehead atoms. The van der Waals surface area contributed by atoms with E-state index >= 15 is 0 Å². The lowest BCUT2D eigenvalue weighted by molar-refractivity contribution is 0.419. The number of thiol groups is 1. The minimum Gasteiger partial charge on any atom is -0.457 e. The number of benzene rings is 7. The zero-order valence-electron chi connectivity index (χ0n) is 30.5. The van der Waals surface area contributed by atoms with Crippen LogP contribution < -0.4 is 9.64 Å². The first-order valence-corrected chi connectivity index (χ1v) is 19.2. The lowest BCUT2D eigenvalue weighted by atomic mass is 9.75. The van der Waals surface area contributed by atoms with E-state index in [9.17, 15) is 0 Å². The van der Waals surface area contributed by atoms with Crippen molar-refractivity contribution in [3.63, 3.8) is 0 Å². The number of allylic oxidation sites excluding steroid dienone is 1. The maximum atomic E-state index is 6.63. The molecule has 7 aromatic carbocycles. The summed E-state index contributed by atoms with van der Waals surface area (Å²) in [6.07, 6.45) is 0.948. The molecule has 3 heteroatoms. The molecule has 0 spiro atoms. The molecule has 0 N–H and O–H groups in total. The summed E-state index contributed by atoms with van der Waals surface area (Å²) < 4.78 is 6.63. The second kappa shape index (κ2) is 11.7. The molecule has 2 nitrogen and oxygen atoms in total. The van der Waals surface area contributed by atoms with Crippen molar-refractivity contribution in [1.82, 2.24) is 0 Å². The molecule has 0 amide bonds. The van der Waals surface area contributed by atoms with Crippen LogP contribution in [0.2, 0.25) is 0 Å². The Hall–Kier alpha value is -5.51. The van der Waals surface area contributed by atoms with Crippen LogP contribution in [0.15, 0.2) is 157 Å². The Morgan fingerprint density at radius 1 is 0.547 bits per heavy atom. The first-order chi connectivity index (χ1) is 25.7. The molecule has 1 atom stereocenters. The van der Waals surface area contributed by atoms with Gasteiger partial charge in [-0.3, -0.25) is 0 Å². The van der Waals surface area contributed by atoms with Gasteiger partial charge < -0.3 is 9.64 Å². The van der Waals surface area contributed by atoms with Gasteiger partial charge in [0.1, 0.15) is 11.5 Å². The summed E-state index contributed by atoms with van der Waals surface area (Å²) in [7, 11) is 0. The fourth-order valence-electron chi connectivity index (χ4n) is 9.33. The van der Waals surface area contributed by atoms with Gasteiger partial charge in [0, 0.05) is 44.3 Å². The molecule has 0 aromatic heterocycles. The number of anilines is 3. The van der Waals surface area contributed by atoms with E-state index in [1.807, 2.05) is 0 Å². The number of hydrogen-bond donors (Lipinski definition) is 1. The quantitative estimate of drug-likeness (QED) is 0.183. The summed E-state index contributed by atoms with van der Waals surface area (Å²) >= 11 is 5.35. The van der Waals surface area contributed by atoms with Gasteiger partial charge in [0.15, 0.2) is 0 Å². The first kappa shape index (κ1) is 32.2. The molecule has 0 saturated heterocycles. The van der Waals surface area contributed by atoms with Crippen LogP contribution in [0.4, 0.5) is 17.1 Å². The molecule has 7 aromatic rings. The van der Waals surface area contributed by atoms with E-state index in [2.05, 4.69) is 184 Å². The third-order valence-corrected chi connectivity index (χ3v) is 12.6. The highest BCUT2D eigenvalue weighted by molar-refractivity contribution is 7.80. The Bertz CT molecular complexity index is 2650. The number of fused-ring (bicyclic) bond motifs is 6. The molecule has 258 valence electrons. The van der Waals surface area contributed by atoms with Gasteiger partial charge in [-0.05, 0) is 122 Å². The van der Waals surface area contributed by atoms with Gasteiger partial charge in [0.05, 0.1) is 0 Å². The second-order valence-corrected chi connectivity index (χ2v) is 16.4. The van der Waals surface area contributed by atoms with Crippen molar-refractivity contribution < 1.29 is 4.74 Å². The zero-order valence-corrected chi connectivity index (χ0v) is 31.4. The molecular formula is C50H41NOS. The Balaban J connectivity index is 1.04. The van der Waals surface area contributed by atoms with Gasteiger partial charge in [-0.15, -0.1) is 0 Å². The number of nitrogens with zero attached hydrogens (tertiary/aromatic N) is 1. The topological polar surface area (TPSA) is 12.5 Å². The lowest BCUT2D eigenvalue weighted by Crippen LogP contribution is -2.25. The number of ether oxygens (including phenoxy) is 1. The van der Waals surface area contributed by atoms with Crippen molar-refractivity contribution in [3.05, 3.63) is 191 Å². The fourth-order valence-corrected chi connectivity index (χ4v) is 10.1. The predicted molar refractivity (Wildman–Crippen MR) is 225 cm³/mol. The Labute approximate surface area is 317 Å². The average molecular weight is 704 g/mol. The summed E-state index contributed by atoms with van der Waals surface area (Å²) in [5.41, 5.74) is 16.2. The van der Waals surface area contributed by atoms with E-state index in [0.717, 1.165) is 35.0 Å². The zero-order chi connectivity index (χ0) is 36.1. The molecule has 0 radical (unpaired) electrons. The molecule has 3 aliphatic rings. The fraction of sp³-hybridized carbons (Fsp3) is 0.160. The molecule has 2 aliphatic carbocycles. The molecular weight excluding hydrogens is 663 g/mol. The summed E-state index contributed by atoms with van der Waals surface area (Å²) in [5, 5.41) is 2.46. The smallest absolute Gasteiger partial charge is 0.132 e. The molecule has 10 rings (SSSR count). The van der Waals surface area contributed by atoms with Gasteiger partial charge in [0.2, 0.25) is 0 Å². The average Bonchev–Trinajstić information content (AvgIpc) is 3.41. The minimum atomic E-state index is -0.260. The molecule has 53 heavy (non-hydrogen) atoms. The highest BCUT2D eigenvalue weighted by atomic mass is 32.1. The SMILES string of the molecule is CC1(C)C2=C(Cc3ccc(-c4cccc(N(c5ccccc5)c5ccc6c(c5)C(C)(C)c5cc7ccccc7cc5O6)c4)cc3C2S)c2ccccc21. The summed E-state index contributed by atoms with van der Waals surface area (Å²) in [5.74, 6) is 1.84. The van der Waals surface area contributed by atoms with Gasteiger partial charge in [-0.2, -0.15) is 12.6 Å². The normalized spacial score (nSPS) is 17.3. The van der Waals surface area contributed by atoms with Crippen molar-refractivity contribution in [2.45, 2.75) is 50.2 Å². The van der Waals surface area contributed by atoms with Crippen molar-refractivity contribution in [1.29, 1.82) is 0 Å². The van der Waals surface area contributed by atoms with Crippen LogP contribution in [0.5, 0.6) is 11.5 Å². The number of hydrogen-bond acceptors (Lipinski definition) is 3. The van der Waals surface area contributed by atoms with Gasteiger partial charge >= 0.3 is 0 Å². The predicted octanol–water partition coefficient (Wildman–Crippen LogP) is 13.7. The Morgan fingerprint density at radius 2 is 1.23 bits per heavy atom. The molecule has 1 heterocycles. The minimum absolute atomic E-state index is 0.0456. The first-order valence-electron chi connectivity index (χ1n) is 18.6. The van der Waals surface area contributed by atoms with Crippen LogP contribution in [-0.4, -0.2) is 0 Å². The highest BCUT2D eigenvalue weighted by Crippen LogP contribution is 2.57. The highest BCUT2D eigenvalue weighted by Gasteiger charge is 2.43. The van der Waals surface area contributed by atoms with Crippen molar-refractivity contribution >= 4 is 46.0 Å². The number of rotatable bonds is 4. The Kier molecular flexibility index (Phi) is 7.13. The van der Waals surface area contributed by atoms with E-state index < -0.39 is 0 Å². The van der Waals surface area contributed by atoms with Gasteiger partial charge in [-0.25, -0.2) is 0 Å². The van der Waals surface area contributed by atoms with E-state index in [0.29, 0.717) is 0 Å². The van der Waals surface area contributed by atoms with Crippen molar-refractivity contribution in [2.75, 3.05) is 4.90 Å². The van der Waals surface area contributed by atoms with Crippen LogP contribution in [0.3, 0.4) is 0 Å². The molecule has 1 unspecified atom stereocenters. The maximum absolute atomic E-state index is 6.63. The van der Waals surface area contributed by atoms with Crippen LogP contribution in [0, 0.1) is 0 Å². The molecule has 1 aliphatic heterocycles. The largest absolute Gasteiger partial charge is 0.457 e. The van der Waals surface area contributed by atoms with Crippen molar-refractivity contribution in [2.24, 2.45) is 0 Å². The monoisotopic (exact) mass is 703 g/mol. The third-order valence-electron chi connectivity index (χ3n) is 12.1. The lowest BCUT2D eigenvalue weighted by Gasteiger charge is -2.36. The Morgan fingerprint density at radius 3 is 2.06 bits per heavy atom. The van der Waals surface area contributed by atoms with Gasteiger partial charge in [-0.1, -0.05) is 119 Å². The van der Waals surface area contributed by atoms with Crippen LogP contribution in [0.1, 0.15) is 66.3 Å². The summed E-state index contributed by atoms with van der Waals surface area (Å²) in [6.45, 7) is 9.36. The third kappa shape index (κ3) is 4.94. The van der Waals surface area contributed by atoms with Gasteiger partial charge in [0.25, 0.3) is 0 Å². The van der Waals surface area contributed by atoms with E-state index in [1.165, 1.54) is 66.4 Å². The van der Waals surface area contributed by atoms with E-state index in [1.54, 1.807) is 0 Å². The second-order valence-electron chi connectivity index (χ2n) is 15.9. The van der Waals surface area contributed by atoms with Crippen LogP contribution in [0.25, 0.3) is 27.5 Å². The van der Waals surface area contributed by atoms with Crippen molar-refractivity contribution in [3.8, 4) is 22.6 Å². The van der Waals surface area contributed by atoms with Crippen LogP contribution in [-0.2, 0) is 17.3 Å². The van der Waals surface area contributed by atoms with E-state index in [-0.39, 0.29) is 16.1 Å². The number of para-hydroxylation sites is 1. The van der Waals surface area contributed by atoms with E-state index in [4.69, 9.17) is 17.4 Å².